The van der Waals surface area contributed by atoms with E-state index in [4.69, 9.17) is 0 Å². The number of benzene rings is 7. The van der Waals surface area contributed by atoms with Gasteiger partial charge in [0.15, 0.2) is 0 Å². The molecule has 0 nitrogen and oxygen atoms in total. The summed E-state index contributed by atoms with van der Waals surface area (Å²) >= 11 is 0. The zero-order chi connectivity index (χ0) is 25.3. The fourth-order valence-corrected chi connectivity index (χ4v) is 5.62. The molecule has 0 unspecified atom stereocenters. The molecule has 0 aromatic heterocycles. The summed E-state index contributed by atoms with van der Waals surface area (Å²) < 4.78 is 0. The Labute approximate surface area is 254 Å². The van der Waals surface area contributed by atoms with Gasteiger partial charge in [0.1, 0.15) is 0 Å². The van der Waals surface area contributed by atoms with Crippen LogP contribution in [0.2, 0.25) is 0 Å². The van der Waals surface area contributed by atoms with Crippen molar-refractivity contribution in [1.29, 1.82) is 0 Å². The van der Waals surface area contributed by atoms with Gasteiger partial charge >= 0.3 is 0 Å². The molecule has 0 aliphatic rings. The first-order valence-electron chi connectivity index (χ1n) is 13.0. The monoisotopic (exact) mass is 569 g/mol. The molecule has 1 heteroatoms. The first kappa shape index (κ1) is 25.4. The molecule has 0 aliphatic carbocycles. The predicted molar refractivity (Wildman–Crippen MR) is 161 cm³/mol. The number of hydrogen-bond donors (Lipinski definition) is 0. The van der Waals surface area contributed by atoms with Crippen LogP contribution in [0.4, 0.5) is 0 Å². The van der Waals surface area contributed by atoms with E-state index < -0.39 is 0 Å². The average molecular weight is 570 g/mol. The molecule has 7 aromatic rings. The van der Waals surface area contributed by atoms with E-state index >= 15 is 0 Å². The minimum Gasteiger partial charge on any atom is -0.225 e. The fraction of sp³-hybridized carbons (Fsp3) is 0. The van der Waals surface area contributed by atoms with E-state index in [0.29, 0.717) is 0 Å². The van der Waals surface area contributed by atoms with E-state index in [0.717, 1.165) is 11.1 Å². The molecule has 0 saturated carbocycles. The molecule has 7 aromatic carbocycles. The van der Waals surface area contributed by atoms with Gasteiger partial charge in [-0.2, -0.15) is 30.3 Å². The average Bonchev–Trinajstić information content (AvgIpc) is 3.01. The maximum atomic E-state index is 3.57. The smallest absolute Gasteiger partial charge is 0 e. The van der Waals surface area contributed by atoms with Crippen molar-refractivity contribution in [3.05, 3.63) is 158 Å². The van der Waals surface area contributed by atoms with Crippen LogP contribution in [0, 0.1) is 12.1 Å². The molecule has 39 heavy (non-hydrogen) atoms. The van der Waals surface area contributed by atoms with Crippen LogP contribution in [0.3, 0.4) is 0 Å². The summed E-state index contributed by atoms with van der Waals surface area (Å²) in [5.74, 6) is 0. The van der Waals surface area contributed by atoms with Crippen molar-refractivity contribution in [2.75, 3.05) is 0 Å². The van der Waals surface area contributed by atoms with E-state index in [1.807, 2.05) is 12.1 Å². The van der Waals surface area contributed by atoms with Crippen molar-refractivity contribution in [3.8, 4) is 44.5 Å². The molecule has 0 amide bonds. The first-order valence-corrected chi connectivity index (χ1v) is 13.0. The van der Waals surface area contributed by atoms with Crippen LogP contribution >= 0.6 is 0 Å². The summed E-state index contributed by atoms with van der Waals surface area (Å²) in [7, 11) is 0. The summed E-state index contributed by atoms with van der Waals surface area (Å²) in [6.07, 6.45) is 0. The van der Waals surface area contributed by atoms with Crippen LogP contribution in [0.5, 0.6) is 0 Å². The van der Waals surface area contributed by atoms with E-state index in [2.05, 4.69) is 146 Å². The van der Waals surface area contributed by atoms with Gasteiger partial charge in [0.25, 0.3) is 0 Å². The largest absolute Gasteiger partial charge is 0.225 e. The van der Waals surface area contributed by atoms with Crippen molar-refractivity contribution in [1.82, 2.24) is 0 Å². The Morgan fingerprint density at radius 2 is 0.923 bits per heavy atom. The number of fused-ring (bicyclic) bond motifs is 2. The minimum absolute atomic E-state index is 0. The third kappa shape index (κ3) is 4.65. The van der Waals surface area contributed by atoms with Gasteiger partial charge < -0.3 is 0 Å². The van der Waals surface area contributed by atoms with Gasteiger partial charge in [-0.3, -0.25) is 0 Å². The first-order chi connectivity index (χ1) is 18.9. The van der Waals surface area contributed by atoms with Crippen molar-refractivity contribution < 1.29 is 32.7 Å². The van der Waals surface area contributed by atoms with Crippen molar-refractivity contribution in [2.24, 2.45) is 0 Å². The molecular weight excluding hydrogens is 545 g/mol. The van der Waals surface area contributed by atoms with Crippen LogP contribution in [0.15, 0.2) is 146 Å². The van der Waals surface area contributed by atoms with Gasteiger partial charge in [-0.25, -0.2) is 11.1 Å². The molecule has 1 radical (unpaired) electrons. The Hall–Kier alpha value is -3.84. The van der Waals surface area contributed by atoms with Gasteiger partial charge in [0.2, 0.25) is 0 Å². The number of hydrogen-bond acceptors (Lipinski definition) is 0. The molecule has 7 rings (SSSR count). The molecule has 0 atom stereocenters. The van der Waals surface area contributed by atoms with Crippen LogP contribution < -0.4 is 0 Å². The minimum atomic E-state index is 0. The topological polar surface area (TPSA) is 0 Å². The Morgan fingerprint density at radius 3 is 1.54 bits per heavy atom. The maximum absolute atomic E-state index is 3.57. The van der Waals surface area contributed by atoms with E-state index in [-0.39, 0.29) is 32.7 Å². The standard InChI is InChI=1S/C38H24.Y/c1-3-14-27(15-4-1)29-18-13-19-30(26-29)31-20-7-8-21-32(31)38-35-24-11-9-22-33(35)37(28-16-5-2-6-17-28)34-23-10-12-25-36(34)38;/h1-18,21-26H;/q-2;. The van der Waals surface area contributed by atoms with E-state index in [1.165, 1.54) is 54.9 Å². The fourth-order valence-electron chi connectivity index (χ4n) is 5.62. The van der Waals surface area contributed by atoms with Crippen LogP contribution in [-0.2, 0) is 32.7 Å². The SMILES string of the molecule is [Y].[c-]1ccc(-c2ccccc2)cc1-c1[c-]cccc1-c1c2ccccc2c(-c2ccccc2)c2ccccc12. The number of rotatable bonds is 4. The van der Waals surface area contributed by atoms with Gasteiger partial charge in [-0.05, 0) is 38.2 Å². The zero-order valence-corrected chi connectivity index (χ0v) is 24.3. The van der Waals surface area contributed by atoms with Crippen molar-refractivity contribution >= 4 is 21.5 Å². The summed E-state index contributed by atoms with van der Waals surface area (Å²) in [4.78, 5) is 0. The van der Waals surface area contributed by atoms with Crippen molar-refractivity contribution in [3.63, 3.8) is 0 Å². The van der Waals surface area contributed by atoms with Gasteiger partial charge in [-0.15, -0.1) is 29.3 Å². The third-order valence-corrected chi connectivity index (χ3v) is 7.30. The Kier molecular flexibility index (Phi) is 7.25. The molecule has 0 saturated heterocycles. The second-order valence-electron chi connectivity index (χ2n) is 9.52. The molecular formula is C38H24Y-2. The Balaban J connectivity index is 0.00000277. The normalized spacial score (nSPS) is 10.9. The molecule has 0 aliphatic heterocycles. The maximum Gasteiger partial charge on any atom is 0 e. The Morgan fingerprint density at radius 1 is 0.385 bits per heavy atom. The predicted octanol–water partition coefficient (Wildman–Crippen LogP) is 10.3. The molecule has 0 spiro atoms. The third-order valence-electron chi connectivity index (χ3n) is 7.30. The van der Waals surface area contributed by atoms with Gasteiger partial charge in [0, 0.05) is 32.7 Å². The van der Waals surface area contributed by atoms with E-state index in [1.54, 1.807) is 0 Å². The van der Waals surface area contributed by atoms with Crippen molar-refractivity contribution in [2.45, 2.75) is 0 Å². The van der Waals surface area contributed by atoms with Crippen LogP contribution in [0.1, 0.15) is 0 Å². The second kappa shape index (κ2) is 11.1. The van der Waals surface area contributed by atoms with E-state index in [9.17, 15) is 0 Å². The molecule has 0 heterocycles. The zero-order valence-electron chi connectivity index (χ0n) is 21.4. The summed E-state index contributed by atoms with van der Waals surface area (Å²) in [5, 5.41) is 4.99. The molecule has 0 N–H and O–H groups in total. The quantitative estimate of drug-likeness (QED) is 0.146. The molecule has 0 fully saturated rings. The van der Waals surface area contributed by atoms with Gasteiger partial charge in [0.05, 0.1) is 0 Å². The van der Waals surface area contributed by atoms with Gasteiger partial charge in [-0.1, -0.05) is 115 Å². The Bertz CT molecular complexity index is 1850. The summed E-state index contributed by atoms with van der Waals surface area (Å²) in [6, 6.07) is 58.6. The molecule has 181 valence electrons. The van der Waals surface area contributed by atoms with Crippen LogP contribution in [-0.4, -0.2) is 0 Å². The molecule has 0 bridgehead atoms. The second-order valence-corrected chi connectivity index (χ2v) is 9.52. The summed E-state index contributed by atoms with van der Waals surface area (Å²) in [6.45, 7) is 0. The van der Waals surface area contributed by atoms with Crippen LogP contribution in [0.25, 0.3) is 66.1 Å². The summed E-state index contributed by atoms with van der Waals surface area (Å²) in [5.41, 5.74) is 9.40.